The van der Waals surface area contributed by atoms with Crippen LogP contribution in [0.1, 0.15) is 38.1 Å². The number of hydrogen-bond acceptors (Lipinski definition) is 6. The van der Waals surface area contributed by atoms with Crippen molar-refractivity contribution in [3.63, 3.8) is 0 Å². The van der Waals surface area contributed by atoms with Crippen molar-refractivity contribution < 1.29 is 35.9 Å². The average molecular weight is 606 g/mol. The molecule has 2 amide bonds. The molecule has 0 aliphatic carbocycles. The minimum Gasteiger partial charge on any atom is -0.426 e. The molecule has 3 aromatic rings. The molecule has 0 spiro atoms. The molecular weight excluding hydrogens is 581 g/mol. The summed E-state index contributed by atoms with van der Waals surface area (Å²) in [5, 5.41) is 15.8. The van der Waals surface area contributed by atoms with Gasteiger partial charge < -0.3 is 19.8 Å². The fraction of sp³-hybridized carbons (Fsp3) is 0.214. The summed E-state index contributed by atoms with van der Waals surface area (Å²) in [6, 6.07) is 11.0. The van der Waals surface area contributed by atoms with E-state index in [-0.39, 0.29) is 34.1 Å². The number of nitrogens with one attached hydrogen (secondary N) is 3. The number of halogens is 5. The van der Waals surface area contributed by atoms with Gasteiger partial charge in [0.25, 0.3) is 0 Å². The number of para-hydroxylation sites is 1. The lowest BCUT2D eigenvalue weighted by molar-refractivity contribution is -0.360. The number of aromatic nitrogens is 2. The van der Waals surface area contributed by atoms with Crippen molar-refractivity contribution in [2.45, 2.75) is 39.0 Å². The molecule has 0 aliphatic heterocycles. The Morgan fingerprint density at radius 2 is 1.71 bits per heavy atom. The number of thiocarbonyl (C=S) groups is 1. The van der Waals surface area contributed by atoms with Crippen LogP contribution in [-0.2, 0) is 0 Å². The number of ether oxygens (including phenoxy) is 1. The first-order valence-electron chi connectivity index (χ1n) is 12.1. The zero-order valence-corrected chi connectivity index (χ0v) is 23.2. The molecular formula is C28H24F5N5O3S. The minimum absolute atomic E-state index is 0.0365. The van der Waals surface area contributed by atoms with E-state index in [2.05, 4.69) is 36.8 Å². The second-order valence-electron chi connectivity index (χ2n) is 8.90. The molecule has 2 aromatic carbocycles. The van der Waals surface area contributed by atoms with Gasteiger partial charge in [0, 0.05) is 16.8 Å². The number of urea groups is 1. The Morgan fingerprint density at radius 1 is 1.05 bits per heavy atom. The molecule has 42 heavy (non-hydrogen) atoms. The summed E-state index contributed by atoms with van der Waals surface area (Å²) in [6.07, 6.45) is -2.81. The van der Waals surface area contributed by atoms with E-state index in [1.54, 1.807) is 6.92 Å². The minimum atomic E-state index is -5.87. The van der Waals surface area contributed by atoms with Gasteiger partial charge in [0.15, 0.2) is 5.11 Å². The lowest BCUT2D eigenvalue weighted by Crippen LogP contribution is -2.41. The Bertz CT molecular complexity index is 1540. The highest BCUT2D eigenvalue weighted by atomic mass is 32.1. The topological polar surface area (TPSA) is 101 Å². The van der Waals surface area contributed by atoms with E-state index in [1.165, 1.54) is 24.3 Å². The normalized spacial score (nSPS) is 12.5. The molecule has 0 saturated carbocycles. The number of anilines is 1. The molecule has 0 atom stereocenters. The van der Waals surface area contributed by atoms with Gasteiger partial charge in [-0.05, 0) is 67.0 Å². The van der Waals surface area contributed by atoms with Crippen molar-refractivity contribution in [1.82, 2.24) is 20.8 Å². The third kappa shape index (κ3) is 8.37. The molecule has 1 aromatic heterocycles. The number of rotatable bonds is 8. The van der Waals surface area contributed by atoms with E-state index in [9.17, 15) is 26.7 Å². The Labute approximate surface area is 243 Å². The molecule has 0 fully saturated rings. The Balaban J connectivity index is 1.62. The number of alkyl halides is 5. The second-order valence-corrected chi connectivity index (χ2v) is 9.31. The van der Waals surface area contributed by atoms with E-state index >= 15 is 0 Å². The Hall–Kier alpha value is -4.77. The van der Waals surface area contributed by atoms with Gasteiger partial charge in [0.05, 0.1) is 5.70 Å². The van der Waals surface area contributed by atoms with Crippen LogP contribution in [0.5, 0.6) is 5.75 Å². The molecule has 0 unspecified atom stereocenters. The fourth-order valence-corrected chi connectivity index (χ4v) is 3.50. The van der Waals surface area contributed by atoms with Crippen LogP contribution in [0.3, 0.4) is 0 Å². The third-order valence-electron chi connectivity index (χ3n) is 5.40. The van der Waals surface area contributed by atoms with Crippen LogP contribution in [0, 0.1) is 12.3 Å². The summed E-state index contributed by atoms with van der Waals surface area (Å²) in [6.45, 7) is 5.67. The highest BCUT2D eigenvalue weighted by Crippen LogP contribution is 2.37. The van der Waals surface area contributed by atoms with Gasteiger partial charge in [-0.15, -0.1) is 16.6 Å². The Kier molecular flexibility index (Phi) is 10.0. The van der Waals surface area contributed by atoms with E-state index in [0.29, 0.717) is 5.57 Å². The van der Waals surface area contributed by atoms with Gasteiger partial charge in [-0.2, -0.15) is 22.0 Å². The monoisotopic (exact) mass is 605 g/mol. The van der Waals surface area contributed by atoms with Gasteiger partial charge >= 0.3 is 18.3 Å². The molecule has 0 radical (unpaired) electrons. The zero-order valence-electron chi connectivity index (χ0n) is 22.3. The molecule has 0 aliphatic rings. The molecule has 8 nitrogen and oxygen atoms in total. The fourth-order valence-electron chi connectivity index (χ4n) is 3.30. The first-order valence-corrected chi connectivity index (χ1v) is 12.5. The van der Waals surface area contributed by atoms with E-state index in [4.69, 9.17) is 23.1 Å². The third-order valence-corrected chi connectivity index (χ3v) is 5.61. The number of allylic oxidation sites excluding steroid dienone is 4. The van der Waals surface area contributed by atoms with Crippen LogP contribution >= 0.6 is 12.2 Å². The first kappa shape index (κ1) is 31.8. The Morgan fingerprint density at radius 3 is 2.33 bits per heavy atom. The molecule has 3 N–H and O–H groups in total. The number of hydrogen-bond donors (Lipinski definition) is 3. The SMILES string of the molecule is C#C/C(=C\C=C(/C)c1nnc(-c2ccc(OC(F)(F)C(F)(F)F)cc2)o1)NC(=O)NC(=S)Nc1ccccc1C(C)C. The number of benzene rings is 2. The van der Waals surface area contributed by atoms with Crippen molar-refractivity contribution in [2.75, 3.05) is 5.32 Å². The summed E-state index contributed by atoms with van der Waals surface area (Å²) >= 11 is 5.23. The van der Waals surface area contributed by atoms with Crippen molar-refractivity contribution in [3.05, 3.63) is 77.8 Å². The number of terminal acetylenes is 1. The maximum Gasteiger partial charge on any atom is 0.499 e. The highest BCUT2D eigenvalue weighted by molar-refractivity contribution is 7.80. The van der Waals surface area contributed by atoms with Crippen LogP contribution in [0.15, 0.2) is 70.8 Å². The maximum absolute atomic E-state index is 13.1. The number of nitrogens with zero attached hydrogens (tertiary/aromatic N) is 2. The van der Waals surface area contributed by atoms with Crippen LogP contribution in [0.2, 0.25) is 0 Å². The molecule has 1 heterocycles. The summed E-state index contributed by atoms with van der Waals surface area (Å²) in [4.78, 5) is 12.4. The largest absolute Gasteiger partial charge is 0.499 e. The summed E-state index contributed by atoms with van der Waals surface area (Å²) in [7, 11) is 0. The van der Waals surface area contributed by atoms with Crippen LogP contribution in [0.25, 0.3) is 17.0 Å². The smallest absolute Gasteiger partial charge is 0.426 e. The number of carbonyl (C=O) groups is 1. The number of amides is 2. The van der Waals surface area contributed by atoms with Gasteiger partial charge in [0.2, 0.25) is 11.8 Å². The predicted octanol–water partition coefficient (Wildman–Crippen LogP) is 7.01. The first-order chi connectivity index (χ1) is 19.7. The number of carbonyl (C=O) groups excluding carboxylic acids is 1. The lowest BCUT2D eigenvalue weighted by Gasteiger charge is -2.20. The van der Waals surface area contributed by atoms with Gasteiger partial charge in [0.1, 0.15) is 5.75 Å². The van der Waals surface area contributed by atoms with E-state index in [1.807, 2.05) is 38.1 Å². The summed E-state index contributed by atoms with van der Waals surface area (Å²) < 4.78 is 72.5. The van der Waals surface area contributed by atoms with Crippen LogP contribution in [-0.4, -0.2) is 33.6 Å². The van der Waals surface area contributed by atoms with Crippen molar-refractivity contribution in [3.8, 4) is 29.5 Å². The summed E-state index contributed by atoms with van der Waals surface area (Å²) in [5.74, 6) is 1.87. The van der Waals surface area contributed by atoms with Gasteiger partial charge in [-0.25, -0.2) is 4.79 Å². The average Bonchev–Trinajstić information content (AvgIpc) is 3.41. The quantitative estimate of drug-likeness (QED) is 0.110. The van der Waals surface area contributed by atoms with Crippen molar-refractivity contribution in [2.24, 2.45) is 0 Å². The van der Waals surface area contributed by atoms with E-state index < -0.39 is 24.1 Å². The van der Waals surface area contributed by atoms with Crippen molar-refractivity contribution >= 4 is 34.6 Å². The van der Waals surface area contributed by atoms with Gasteiger partial charge in [-0.3, -0.25) is 5.32 Å². The van der Waals surface area contributed by atoms with Gasteiger partial charge in [-0.1, -0.05) is 44.0 Å². The predicted molar refractivity (Wildman–Crippen MR) is 150 cm³/mol. The second kappa shape index (κ2) is 13.3. The van der Waals surface area contributed by atoms with Crippen LogP contribution in [0.4, 0.5) is 32.4 Å². The van der Waals surface area contributed by atoms with Crippen LogP contribution < -0.4 is 20.7 Å². The molecule has 0 saturated heterocycles. The standard InChI is InChI=1S/C28H24F5N5O3S/c1-5-19(34-25(39)36-26(42)35-22-9-7-6-8-21(22)16(2)3)13-10-17(4)23-37-38-24(40-23)18-11-14-20(15-12-18)41-28(32,33)27(29,30)31/h1,6-16H,2-4H3,(H3,34,35,36,39,42)/b17-10+,19-13+. The molecule has 220 valence electrons. The lowest BCUT2D eigenvalue weighted by atomic mass is 10.0. The molecule has 14 heteroatoms. The van der Waals surface area contributed by atoms with E-state index in [0.717, 1.165) is 23.4 Å². The molecule has 0 bridgehead atoms. The maximum atomic E-state index is 13.1. The zero-order chi connectivity index (χ0) is 31.1. The highest BCUT2D eigenvalue weighted by Gasteiger charge is 2.61. The summed E-state index contributed by atoms with van der Waals surface area (Å²) in [5.41, 5.74) is 2.55. The van der Waals surface area contributed by atoms with Crippen molar-refractivity contribution in [1.29, 1.82) is 0 Å². The molecule has 3 rings (SSSR count).